The first-order valence-electron chi connectivity index (χ1n) is 8.18. The Bertz CT molecular complexity index is 516. The first-order chi connectivity index (χ1) is 10.2. The second kappa shape index (κ2) is 5.34. The van der Waals surface area contributed by atoms with E-state index in [-0.39, 0.29) is 5.91 Å². The highest BCUT2D eigenvalue weighted by Crippen LogP contribution is 2.49. The number of rotatable bonds is 4. The zero-order chi connectivity index (χ0) is 14.4. The molecular formula is C16H23N3OS. The molecule has 1 N–H and O–H groups in total. The van der Waals surface area contributed by atoms with Gasteiger partial charge in [-0.1, -0.05) is 18.2 Å². The molecule has 0 radical (unpaired) electrons. The number of hydrogen-bond donors (Lipinski definition) is 1. The lowest BCUT2D eigenvalue weighted by Crippen LogP contribution is -2.40. The molecule has 4 unspecified atom stereocenters. The predicted molar refractivity (Wildman–Crippen MR) is 85.8 cm³/mol. The van der Waals surface area contributed by atoms with Crippen LogP contribution in [0.5, 0.6) is 0 Å². The molecule has 5 heteroatoms. The van der Waals surface area contributed by atoms with Gasteiger partial charge in [0.05, 0.1) is 13.0 Å². The topological polar surface area (TPSA) is 44.7 Å². The van der Waals surface area contributed by atoms with Crippen LogP contribution in [0.3, 0.4) is 0 Å². The predicted octanol–water partition coefficient (Wildman–Crippen LogP) is 2.58. The van der Waals surface area contributed by atoms with Crippen molar-refractivity contribution in [2.75, 3.05) is 13.1 Å². The van der Waals surface area contributed by atoms with Gasteiger partial charge in [-0.3, -0.25) is 9.79 Å². The smallest absolute Gasteiger partial charge is 0.226 e. The highest BCUT2D eigenvalue weighted by molar-refractivity contribution is 8.16. The molecule has 2 aliphatic heterocycles. The van der Waals surface area contributed by atoms with Crippen LogP contribution in [0.15, 0.2) is 16.1 Å². The van der Waals surface area contributed by atoms with E-state index in [1.54, 1.807) is 11.8 Å². The summed E-state index contributed by atoms with van der Waals surface area (Å²) in [6.07, 6.45) is 6.03. The minimum atomic E-state index is 0.172. The zero-order valence-corrected chi connectivity index (χ0v) is 13.4. The van der Waals surface area contributed by atoms with E-state index < -0.39 is 0 Å². The Hall–Kier alpha value is -0.970. The maximum Gasteiger partial charge on any atom is 0.226 e. The van der Waals surface area contributed by atoms with Crippen molar-refractivity contribution in [1.82, 2.24) is 10.2 Å². The van der Waals surface area contributed by atoms with Crippen molar-refractivity contribution in [3.63, 3.8) is 0 Å². The van der Waals surface area contributed by atoms with Crippen molar-refractivity contribution in [3.8, 4) is 0 Å². The Labute approximate surface area is 130 Å². The highest BCUT2D eigenvalue weighted by atomic mass is 32.2. The number of fused-ring (bicyclic) bond motifs is 3. The fourth-order valence-corrected chi connectivity index (χ4v) is 5.55. The second-order valence-electron chi connectivity index (χ2n) is 6.91. The van der Waals surface area contributed by atoms with Crippen LogP contribution >= 0.6 is 11.8 Å². The summed E-state index contributed by atoms with van der Waals surface area (Å²) in [5.41, 5.74) is 1.12. The van der Waals surface area contributed by atoms with E-state index in [1.807, 2.05) is 0 Å². The third-order valence-electron chi connectivity index (χ3n) is 5.61. The number of nitrogens with zero attached hydrogens (tertiary/aromatic N) is 2. The second-order valence-corrected chi connectivity index (χ2v) is 7.75. The molecule has 0 saturated heterocycles. The Balaban J connectivity index is 1.31. The number of amidine groups is 1. The average Bonchev–Trinajstić information content (AvgIpc) is 3.20. The van der Waals surface area contributed by atoms with Gasteiger partial charge >= 0.3 is 0 Å². The van der Waals surface area contributed by atoms with Gasteiger partial charge in [0, 0.05) is 18.3 Å². The lowest BCUT2D eigenvalue weighted by molar-refractivity contribution is -0.121. The third kappa shape index (κ3) is 2.50. The minimum Gasteiger partial charge on any atom is -0.353 e. The van der Waals surface area contributed by atoms with Crippen molar-refractivity contribution in [2.24, 2.45) is 22.7 Å². The van der Waals surface area contributed by atoms with Crippen LogP contribution in [0.1, 0.15) is 39.0 Å². The summed E-state index contributed by atoms with van der Waals surface area (Å²) in [5, 5.41) is 6.41. The largest absolute Gasteiger partial charge is 0.353 e. The zero-order valence-electron chi connectivity index (χ0n) is 12.5. The van der Waals surface area contributed by atoms with Crippen LogP contribution in [-0.2, 0) is 4.79 Å². The molecule has 2 saturated carbocycles. The van der Waals surface area contributed by atoms with Gasteiger partial charge in [0.1, 0.15) is 0 Å². The van der Waals surface area contributed by atoms with Gasteiger partial charge in [0.15, 0.2) is 5.17 Å². The van der Waals surface area contributed by atoms with Crippen molar-refractivity contribution >= 4 is 22.8 Å². The van der Waals surface area contributed by atoms with Crippen LogP contribution in [0, 0.1) is 17.8 Å². The molecule has 4 aliphatic rings. The molecule has 0 spiro atoms. The molecule has 4 nitrogen and oxygen atoms in total. The van der Waals surface area contributed by atoms with Crippen LogP contribution in [-0.4, -0.2) is 35.1 Å². The van der Waals surface area contributed by atoms with Crippen molar-refractivity contribution < 1.29 is 4.79 Å². The molecule has 4 rings (SSSR count). The molecule has 0 aromatic rings. The number of aliphatic imine (C=N–C) groups is 1. The Kier molecular flexibility index (Phi) is 3.48. The first-order valence-corrected chi connectivity index (χ1v) is 9.05. The number of nitrogens with one attached hydrogen (secondary N) is 1. The summed E-state index contributed by atoms with van der Waals surface area (Å²) in [4.78, 5) is 18.9. The summed E-state index contributed by atoms with van der Waals surface area (Å²) >= 11 is 1.65. The van der Waals surface area contributed by atoms with E-state index in [2.05, 4.69) is 27.5 Å². The molecule has 2 aliphatic carbocycles. The molecule has 1 amide bonds. The third-order valence-corrected chi connectivity index (χ3v) is 6.56. The fraction of sp³-hybridized carbons (Fsp3) is 0.750. The normalized spacial score (nSPS) is 34.7. The number of hydrogen-bond acceptors (Lipinski definition) is 4. The average molecular weight is 305 g/mol. The lowest BCUT2D eigenvalue weighted by atomic mass is 9.84. The number of amides is 1. The molecule has 21 heavy (non-hydrogen) atoms. The maximum absolute atomic E-state index is 12.3. The summed E-state index contributed by atoms with van der Waals surface area (Å²) < 4.78 is 0. The molecule has 4 atom stereocenters. The molecule has 114 valence electrons. The van der Waals surface area contributed by atoms with Gasteiger partial charge in [-0.2, -0.15) is 0 Å². The van der Waals surface area contributed by atoms with Crippen LogP contribution < -0.4 is 5.32 Å². The number of carbonyl (C=O) groups is 1. The maximum atomic E-state index is 12.3. The van der Waals surface area contributed by atoms with Gasteiger partial charge in [-0.25, -0.2) is 0 Å². The SMILES string of the molecule is CC(NC(=O)CC1=CSC2=NCCN12)C1CC2CCC1C2. The standard InChI is InChI=1S/C16H23N3OS/c1-10(14-7-11-2-3-12(14)6-11)18-15(20)8-13-9-21-16-17-4-5-19(13)16/h9-12,14H,2-8H2,1H3,(H,18,20). The van der Waals surface area contributed by atoms with E-state index in [9.17, 15) is 4.79 Å². The van der Waals surface area contributed by atoms with E-state index >= 15 is 0 Å². The van der Waals surface area contributed by atoms with Gasteiger partial charge < -0.3 is 10.2 Å². The van der Waals surface area contributed by atoms with Crippen LogP contribution in [0.2, 0.25) is 0 Å². The monoisotopic (exact) mass is 305 g/mol. The molecule has 0 aromatic heterocycles. The van der Waals surface area contributed by atoms with Crippen molar-refractivity contribution in [2.45, 2.75) is 45.1 Å². The van der Waals surface area contributed by atoms with Crippen LogP contribution in [0.4, 0.5) is 0 Å². The highest BCUT2D eigenvalue weighted by Gasteiger charge is 2.42. The molecule has 2 heterocycles. The number of carbonyl (C=O) groups excluding carboxylic acids is 1. The van der Waals surface area contributed by atoms with E-state index in [0.717, 1.165) is 35.8 Å². The van der Waals surface area contributed by atoms with Gasteiger partial charge in [0.25, 0.3) is 0 Å². The van der Waals surface area contributed by atoms with Crippen molar-refractivity contribution in [1.29, 1.82) is 0 Å². The molecule has 2 bridgehead atoms. The summed E-state index contributed by atoms with van der Waals surface area (Å²) in [6.45, 7) is 4.00. The fourth-order valence-electron chi connectivity index (χ4n) is 4.60. The number of thioether (sulfide) groups is 1. The Morgan fingerprint density at radius 1 is 1.52 bits per heavy atom. The van der Waals surface area contributed by atoms with Gasteiger partial charge in [0.2, 0.25) is 5.91 Å². The van der Waals surface area contributed by atoms with E-state index in [4.69, 9.17) is 0 Å². The van der Waals surface area contributed by atoms with Gasteiger partial charge in [-0.15, -0.1) is 0 Å². The molecule has 2 fully saturated rings. The summed E-state index contributed by atoms with van der Waals surface area (Å²) in [6, 6.07) is 0.328. The van der Waals surface area contributed by atoms with Crippen molar-refractivity contribution in [3.05, 3.63) is 11.1 Å². The van der Waals surface area contributed by atoms with E-state index in [1.165, 1.54) is 25.7 Å². The quantitative estimate of drug-likeness (QED) is 0.868. The molecule has 0 aromatic carbocycles. The minimum absolute atomic E-state index is 0.172. The van der Waals surface area contributed by atoms with Crippen LogP contribution in [0.25, 0.3) is 0 Å². The summed E-state index contributed by atoms with van der Waals surface area (Å²) in [7, 11) is 0. The lowest BCUT2D eigenvalue weighted by Gasteiger charge is -2.28. The Morgan fingerprint density at radius 2 is 2.43 bits per heavy atom. The molecular weight excluding hydrogens is 282 g/mol. The first kappa shape index (κ1) is 13.7. The van der Waals surface area contributed by atoms with E-state index in [0.29, 0.717) is 18.4 Å². The summed E-state index contributed by atoms with van der Waals surface area (Å²) in [5.74, 6) is 2.69. The van der Waals surface area contributed by atoms with Gasteiger partial charge in [-0.05, 0) is 49.3 Å². The Morgan fingerprint density at radius 3 is 3.19 bits per heavy atom.